The summed E-state index contributed by atoms with van der Waals surface area (Å²) in [7, 11) is 0. The van der Waals surface area contributed by atoms with Gasteiger partial charge in [-0.3, -0.25) is 4.98 Å². The Hall–Kier alpha value is -1.45. The van der Waals surface area contributed by atoms with Gasteiger partial charge >= 0.3 is 0 Å². The van der Waals surface area contributed by atoms with E-state index in [4.69, 9.17) is 0 Å². The normalized spacial score (nSPS) is 19.2. The lowest BCUT2D eigenvalue weighted by Gasteiger charge is -2.17. The summed E-state index contributed by atoms with van der Waals surface area (Å²) < 4.78 is 0. The summed E-state index contributed by atoms with van der Waals surface area (Å²) in [6.07, 6.45) is 2.20. The van der Waals surface area contributed by atoms with Crippen LogP contribution in [0.25, 0.3) is 10.9 Å². The van der Waals surface area contributed by atoms with Crippen molar-refractivity contribution in [2.75, 3.05) is 0 Å². The summed E-state index contributed by atoms with van der Waals surface area (Å²) in [4.78, 5) is 4.29. The van der Waals surface area contributed by atoms with E-state index in [9.17, 15) is 10.2 Å². The predicted octanol–water partition coefficient (Wildman–Crippen LogP) is 2.04. The molecule has 0 amide bonds. The Morgan fingerprint density at radius 3 is 2.71 bits per heavy atom. The van der Waals surface area contributed by atoms with E-state index in [1.165, 1.54) is 0 Å². The third kappa shape index (κ3) is 2.04. The van der Waals surface area contributed by atoms with Crippen LogP contribution in [0.5, 0.6) is 0 Å². The highest BCUT2D eigenvalue weighted by Gasteiger charge is 2.35. The predicted molar refractivity (Wildman–Crippen MR) is 65.4 cm³/mol. The highest BCUT2D eigenvalue weighted by atomic mass is 16.3. The molecule has 3 rings (SSSR count). The fraction of sp³-hybridized carbons (Fsp3) is 0.357. The lowest BCUT2D eigenvalue weighted by atomic mass is 10.0. The summed E-state index contributed by atoms with van der Waals surface area (Å²) in [6, 6.07) is 9.67. The fourth-order valence-electron chi connectivity index (χ4n) is 2.14. The van der Waals surface area contributed by atoms with E-state index in [-0.39, 0.29) is 5.92 Å². The van der Waals surface area contributed by atoms with Crippen LogP contribution in [-0.2, 0) is 0 Å². The summed E-state index contributed by atoms with van der Waals surface area (Å²) in [5.74, 6) is 0.261. The minimum absolute atomic E-state index is 0.261. The highest BCUT2D eigenvalue weighted by molar-refractivity contribution is 5.78. The van der Waals surface area contributed by atoms with E-state index < -0.39 is 12.2 Å². The second kappa shape index (κ2) is 4.09. The van der Waals surface area contributed by atoms with Crippen LogP contribution in [0.2, 0.25) is 0 Å². The third-order valence-electron chi connectivity index (χ3n) is 3.38. The number of benzene rings is 1. The van der Waals surface area contributed by atoms with Crippen LogP contribution < -0.4 is 0 Å². The Labute approximate surface area is 99.7 Å². The number of aromatic nitrogens is 1. The van der Waals surface area contributed by atoms with Gasteiger partial charge in [-0.25, -0.2) is 0 Å². The SMILES string of the molecule is OC(c1cnc2ccccc2c1)C(O)C1CC1. The van der Waals surface area contributed by atoms with Crippen molar-refractivity contribution >= 4 is 10.9 Å². The number of rotatable bonds is 3. The molecule has 1 heterocycles. The molecule has 3 nitrogen and oxygen atoms in total. The monoisotopic (exact) mass is 229 g/mol. The van der Waals surface area contributed by atoms with Gasteiger partial charge < -0.3 is 10.2 Å². The van der Waals surface area contributed by atoms with Crippen LogP contribution in [0.4, 0.5) is 0 Å². The molecule has 0 bridgehead atoms. The number of fused-ring (bicyclic) bond motifs is 1. The smallest absolute Gasteiger partial charge is 0.107 e. The van der Waals surface area contributed by atoms with Crippen LogP contribution >= 0.6 is 0 Å². The highest BCUT2D eigenvalue weighted by Crippen LogP contribution is 2.38. The molecule has 2 atom stereocenters. The zero-order valence-electron chi connectivity index (χ0n) is 9.45. The third-order valence-corrected chi connectivity index (χ3v) is 3.38. The molecule has 0 spiro atoms. The molecule has 3 heteroatoms. The summed E-state index contributed by atoms with van der Waals surface area (Å²) >= 11 is 0. The zero-order chi connectivity index (χ0) is 11.8. The summed E-state index contributed by atoms with van der Waals surface area (Å²) in [6.45, 7) is 0. The molecule has 1 saturated carbocycles. The van der Waals surface area contributed by atoms with Crippen molar-refractivity contribution in [3.63, 3.8) is 0 Å². The van der Waals surface area contributed by atoms with Gasteiger partial charge in [-0.15, -0.1) is 0 Å². The lowest BCUT2D eigenvalue weighted by Crippen LogP contribution is -2.20. The Balaban J connectivity index is 1.93. The van der Waals surface area contributed by atoms with E-state index in [1.54, 1.807) is 6.20 Å². The van der Waals surface area contributed by atoms with Crippen LogP contribution in [0.1, 0.15) is 24.5 Å². The van der Waals surface area contributed by atoms with Crippen molar-refractivity contribution in [1.82, 2.24) is 4.98 Å². The van der Waals surface area contributed by atoms with Crippen molar-refractivity contribution in [3.8, 4) is 0 Å². The van der Waals surface area contributed by atoms with Gasteiger partial charge in [-0.2, -0.15) is 0 Å². The molecule has 1 aliphatic rings. The van der Waals surface area contributed by atoms with Gasteiger partial charge in [0.2, 0.25) is 0 Å². The van der Waals surface area contributed by atoms with E-state index >= 15 is 0 Å². The minimum Gasteiger partial charge on any atom is -0.390 e. The van der Waals surface area contributed by atoms with Crippen LogP contribution in [0, 0.1) is 5.92 Å². The van der Waals surface area contributed by atoms with Crippen LogP contribution in [-0.4, -0.2) is 21.3 Å². The number of pyridine rings is 1. The first kappa shape index (κ1) is 10.7. The Bertz CT molecular complexity index is 536. The topological polar surface area (TPSA) is 53.4 Å². The van der Waals surface area contributed by atoms with Crippen molar-refractivity contribution in [2.24, 2.45) is 5.92 Å². The molecule has 17 heavy (non-hydrogen) atoms. The molecule has 1 aliphatic carbocycles. The van der Waals surface area contributed by atoms with Crippen molar-refractivity contribution < 1.29 is 10.2 Å². The van der Waals surface area contributed by atoms with Crippen molar-refractivity contribution in [1.29, 1.82) is 0 Å². The van der Waals surface area contributed by atoms with Gasteiger partial charge in [0.15, 0.2) is 0 Å². The van der Waals surface area contributed by atoms with E-state index in [1.807, 2.05) is 30.3 Å². The second-order valence-corrected chi connectivity index (χ2v) is 4.73. The molecule has 1 fully saturated rings. The average molecular weight is 229 g/mol. The summed E-state index contributed by atoms with van der Waals surface area (Å²) in [5, 5.41) is 21.0. The molecule has 2 aromatic rings. The number of para-hydroxylation sites is 1. The lowest BCUT2D eigenvalue weighted by molar-refractivity contribution is 0.00475. The minimum atomic E-state index is -0.820. The van der Waals surface area contributed by atoms with Crippen molar-refractivity contribution in [2.45, 2.75) is 25.0 Å². The molecule has 0 saturated heterocycles. The average Bonchev–Trinajstić information content (AvgIpc) is 3.21. The fourth-order valence-corrected chi connectivity index (χ4v) is 2.14. The second-order valence-electron chi connectivity index (χ2n) is 4.73. The van der Waals surface area contributed by atoms with Gasteiger partial charge in [-0.05, 0) is 30.9 Å². The zero-order valence-corrected chi connectivity index (χ0v) is 9.45. The Morgan fingerprint density at radius 1 is 1.18 bits per heavy atom. The van der Waals surface area contributed by atoms with Crippen LogP contribution in [0.3, 0.4) is 0 Å². The van der Waals surface area contributed by atoms with Gasteiger partial charge in [0.05, 0.1) is 11.6 Å². The molecule has 88 valence electrons. The van der Waals surface area contributed by atoms with Gasteiger partial charge in [0.25, 0.3) is 0 Å². The largest absolute Gasteiger partial charge is 0.390 e. The molecule has 0 aliphatic heterocycles. The maximum absolute atomic E-state index is 10.1. The standard InChI is InChI=1S/C14H15NO2/c16-13(9-5-6-9)14(17)11-7-10-3-1-2-4-12(10)15-8-11/h1-4,7-9,13-14,16-17H,5-6H2. The van der Waals surface area contributed by atoms with E-state index in [0.29, 0.717) is 5.56 Å². The maximum atomic E-state index is 10.1. The number of hydrogen-bond acceptors (Lipinski definition) is 3. The first-order chi connectivity index (χ1) is 8.25. The Morgan fingerprint density at radius 2 is 1.94 bits per heavy atom. The number of aliphatic hydroxyl groups is 2. The van der Waals surface area contributed by atoms with Gasteiger partial charge in [0, 0.05) is 17.1 Å². The number of hydrogen-bond donors (Lipinski definition) is 2. The number of aliphatic hydroxyl groups excluding tert-OH is 2. The van der Waals surface area contributed by atoms with E-state index in [0.717, 1.165) is 23.7 Å². The van der Waals surface area contributed by atoms with Gasteiger partial charge in [0.1, 0.15) is 6.10 Å². The molecule has 1 aromatic carbocycles. The first-order valence-corrected chi connectivity index (χ1v) is 5.96. The molecule has 2 N–H and O–H groups in total. The maximum Gasteiger partial charge on any atom is 0.107 e. The first-order valence-electron chi connectivity index (χ1n) is 5.96. The van der Waals surface area contributed by atoms with Crippen LogP contribution in [0.15, 0.2) is 36.5 Å². The van der Waals surface area contributed by atoms with E-state index in [2.05, 4.69) is 4.98 Å². The Kier molecular flexibility index (Phi) is 2.57. The molecule has 1 aromatic heterocycles. The molecule has 0 radical (unpaired) electrons. The number of nitrogens with zero attached hydrogens (tertiary/aromatic N) is 1. The quantitative estimate of drug-likeness (QED) is 0.846. The molecular formula is C14H15NO2. The molecule has 2 unspecified atom stereocenters. The van der Waals surface area contributed by atoms with Gasteiger partial charge in [-0.1, -0.05) is 18.2 Å². The summed E-state index contributed by atoms with van der Waals surface area (Å²) in [5.41, 5.74) is 1.60. The molecular weight excluding hydrogens is 214 g/mol. The van der Waals surface area contributed by atoms with Crippen molar-refractivity contribution in [3.05, 3.63) is 42.1 Å².